The Balaban J connectivity index is 1.70. The number of carbonyl (C=O) groups excluding carboxylic acids is 1. The fraction of sp³-hybridized carbons (Fsp3) is 0.0455. The van der Waals surface area contributed by atoms with Crippen molar-refractivity contribution in [1.29, 1.82) is 0 Å². The summed E-state index contributed by atoms with van der Waals surface area (Å²) in [6.07, 6.45) is 1.63. The van der Waals surface area contributed by atoms with Crippen molar-refractivity contribution in [2.45, 2.75) is 6.54 Å². The van der Waals surface area contributed by atoms with E-state index in [4.69, 9.17) is 0 Å². The first kappa shape index (κ1) is 16.7. The summed E-state index contributed by atoms with van der Waals surface area (Å²) in [7, 11) is 0. The molecule has 0 spiro atoms. The summed E-state index contributed by atoms with van der Waals surface area (Å²) in [6, 6.07) is 29.2. The van der Waals surface area contributed by atoms with Crippen molar-refractivity contribution in [3.8, 4) is 11.4 Å². The monoisotopic (exact) mass is 355 g/mol. The SMILES string of the molecule is O=C(N[n+]1cnn(Cc2ccccc2)c1-c1ccccc1)c1ccccc1. The summed E-state index contributed by atoms with van der Waals surface area (Å²) < 4.78 is 3.56. The van der Waals surface area contributed by atoms with Gasteiger partial charge in [0.2, 0.25) is 0 Å². The van der Waals surface area contributed by atoms with Gasteiger partial charge in [-0.2, -0.15) is 0 Å². The van der Waals surface area contributed by atoms with Crippen molar-refractivity contribution in [2.75, 3.05) is 5.43 Å². The molecule has 1 aromatic heterocycles. The van der Waals surface area contributed by atoms with Gasteiger partial charge >= 0.3 is 0 Å². The lowest BCUT2D eigenvalue weighted by Crippen LogP contribution is -2.49. The molecule has 132 valence electrons. The zero-order valence-corrected chi connectivity index (χ0v) is 14.7. The summed E-state index contributed by atoms with van der Waals surface area (Å²) >= 11 is 0. The zero-order chi connectivity index (χ0) is 18.5. The molecule has 0 saturated carbocycles. The third kappa shape index (κ3) is 3.77. The number of nitrogens with zero attached hydrogens (tertiary/aromatic N) is 3. The maximum atomic E-state index is 12.6. The minimum Gasteiger partial charge on any atom is -0.266 e. The largest absolute Gasteiger partial charge is 0.290 e. The van der Waals surface area contributed by atoms with E-state index >= 15 is 0 Å². The zero-order valence-electron chi connectivity index (χ0n) is 14.7. The van der Waals surface area contributed by atoms with Gasteiger partial charge in [-0.15, -0.1) is 9.36 Å². The fourth-order valence-electron chi connectivity index (χ4n) is 2.94. The van der Waals surface area contributed by atoms with Gasteiger partial charge in [0.25, 0.3) is 18.1 Å². The van der Waals surface area contributed by atoms with Crippen LogP contribution in [0.4, 0.5) is 0 Å². The second-order valence-electron chi connectivity index (χ2n) is 6.14. The molecule has 5 heteroatoms. The van der Waals surface area contributed by atoms with Gasteiger partial charge in [-0.1, -0.05) is 66.7 Å². The Bertz CT molecular complexity index is 1030. The fourth-order valence-corrected chi connectivity index (χ4v) is 2.94. The first-order valence-corrected chi connectivity index (χ1v) is 8.74. The highest BCUT2D eigenvalue weighted by Crippen LogP contribution is 2.15. The summed E-state index contributed by atoms with van der Waals surface area (Å²) in [4.78, 5) is 12.6. The smallest absolute Gasteiger partial charge is 0.266 e. The molecule has 0 aliphatic heterocycles. The molecule has 27 heavy (non-hydrogen) atoms. The Morgan fingerprint density at radius 2 is 1.44 bits per heavy atom. The summed E-state index contributed by atoms with van der Waals surface area (Å²) in [5.74, 6) is 0.626. The van der Waals surface area contributed by atoms with Crippen molar-refractivity contribution in [2.24, 2.45) is 0 Å². The molecular formula is C22H19N4O+. The van der Waals surface area contributed by atoms with Gasteiger partial charge in [0.05, 0.1) is 5.56 Å². The molecule has 5 nitrogen and oxygen atoms in total. The average molecular weight is 355 g/mol. The molecule has 0 unspecified atom stereocenters. The molecule has 0 saturated heterocycles. The molecule has 1 N–H and O–H groups in total. The van der Waals surface area contributed by atoms with E-state index in [1.54, 1.807) is 23.1 Å². The highest BCUT2D eigenvalue weighted by Gasteiger charge is 2.22. The Morgan fingerprint density at radius 1 is 0.852 bits per heavy atom. The maximum absolute atomic E-state index is 12.6. The quantitative estimate of drug-likeness (QED) is 0.559. The molecule has 0 aliphatic carbocycles. The molecule has 0 radical (unpaired) electrons. The predicted molar refractivity (Wildman–Crippen MR) is 104 cm³/mol. The standard InChI is InChI=1S/C22H18N4O/c27-21(19-12-6-2-7-13-19)24-26-17-23-25(16-18-10-4-1-5-11-18)22(26)20-14-8-3-9-15-20/h1-15,17H,16H2/p+1. The summed E-state index contributed by atoms with van der Waals surface area (Å²) in [5, 5.41) is 4.50. The van der Waals surface area contributed by atoms with Crippen molar-refractivity contribution in [1.82, 2.24) is 9.78 Å². The second-order valence-corrected chi connectivity index (χ2v) is 6.14. The summed E-state index contributed by atoms with van der Waals surface area (Å²) in [6.45, 7) is 0.610. The van der Waals surface area contributed by atoms with Crippen LogP contribution in [0, 0.1) is 0 Å². The topological polar surface area (TPSA) is 50.8 Å². The van der Waals surface area contributed by atoms with Crippen LogP contribution in [0.1, 0.15) is 15.9 Å². The van der Waals surface area contributed by atoms with Crippen molar-refractivity contribution in [3.05, 3.63) is 108 Å². The normalized spacial score (nSPS) is 10.5. The summed E-state index contributed by atoms with van der Waals surface area (Å²) in [5.41, 5.74) is 5.63. The molecule has 4 aromatic rings. The van der Waals surface area contributed by atoms with Gasteiger partial charge in [0.15, 0.2) is 0 Å². The van der Waals surface area contributed by atoms with E-state index in [9.17, 15) is 4.79 Å². The van der Waals surface area contributed by atoms with E-state index in [-0.39, 0.29) is 5.91 Å². The second kappa shape index (κ2) is 7.66. The van der Waals surface area contributed by atoms with Crippen LogP contribution in [-0.2, 0) is 6.54 Å². The van der Waals surface area contributed by atoms with E-state index in [1.807, 2.05) is 71.4 Å². The molecule has 0 bridgehead atoms. The van der Waals surface area contributed by atoms with E-state index < -0.39 is 0 Å². The van der Waals surface area contributed by atoms with Gasteiger partial charge in [0.1, 0.15) is 6.54 Å². The van der Waals surface area contributed by atoms with Crippen LogP contribution in [0.3, 0.4) is 0 Å². The molecule has 1 heterocycles. The third-order valence-electron chi connectivity index (χ3n) is 4.24. The number of aromatic nitrogens is 3. The van der Waals surface area contributed by atoms with Crippen molar-refractivity contribution >= 4 is 5.91 Å². The maximum Gasteiger partial charge on any atom is 0.290 e. The van der Waals surface area contributed by atoms with Crippen LogP contribution in [0.5, 0.6) is 0 Å². The van der Waals surface area contributed by atoms with Crippen LogP contribution in [0.15, 0.2) is 97.3 Å². The minimum atomic E-state index is -0.183. The number of rotatable bonds is 5. The van der Waals surface area contributed by atoms with Crippen molar-refractivity contribution in [3.63, 3.8) is 0 Å². The van der Waals surface area contributed by atoms with Crippen LogP contribution in [0.2, 0.25) is 0 Å². The lowest BCUT2D eigenvalue weighted by molar-refractivity contribution is -0.630. The first-order valence-electron chi connectivity index (χ1n) is 8.74. The van der Waals surface area contributed by atoms with Crippen LogP contribution >= 0.6 is 0 Å². The Labute approximate surface area is 157 Å². The molecule has 0 aliphatic rings. The van der Waals surface area contributed by atoms with Gasteiger partial charge in [-0.3, -0.25) is 4.79 Å². The highest BCUT2D eigenvalue weighted by atomic mass is 16.2. The highest BCUT2D eigenvalue weighted by molar-refractivity contribution is 5.98. The van der Waals surface area contributed by atoms with Crippen molar-refractivity contribution < 1.29 is 9.47 Å². The average Bonchev–Trinajstić information content (AvgIpc) is 3.12. The lowest BCUT2D eigenvalue weighted by Gasteiger charge is -2.06. The molecule has 3 aromatic carbocycles. The molecule has 4 rings (SSSR count). The number of amides is 1. The van der Waals surface area contributed by atoms with E-state index in [2.05, 4.69) is 22.7 Å². The number of nitrogens with one attached hydrogen (secondary N) is 1. The molecule has 1 amide bonds. The third-order valence-corrected chi connectivity index (χ3v) is 4.24. The van der Waals surface area contributed by atoms with E-state index in [1.165, 1.54) is 0 Å². The Morgan fingerprint density at radius 3 is 2.11 bits per heavy atom. The number of hydrogen-bond donors (Lipinski definition) is 1. The molecule has 0 atom stereocenters. The van der Waals surface area contributed by atoms with Crippen LogP contribution < -0.4 is 10.1 Å². The van der Waals surface area contributed by atoms with Gasteiger partial charge in [-0.25, -0.2) is 5.43 Å². The number of benzene rings is 3. The van der Waals surface area contributed by atoms with Gasteiger partial charge < -0.3 is 0 Å². The lowest BCUT2D eigenvalue weighted by atomic mass is 10.2. The minimum absolute atomic E-state index is 0.183. The molecule has 0 fully saturated rings. The van der Waals surface area contributed by atoms with E-state index in [0.29, 0.717) is 12.1 Å². The number of hydrogen-bond acceptors (Lipinski definition) is 2. The van der Waals surface area contributed by atoms with Crippen LogP contribution in [-0.4, -0.2) is 15.7 Å². The number of carbonyl (C=O) groups is 1. The Kier molecular flexibility index (Phi) is 4.74. The van der Waals surface area contributed by atoms with Gasteiger partial charge in [0, 0.05) is 10.7 Å². The van der Waals surface area contributed by atoms with Crippen LogP contribution in [0.25, 0.3) is 11.4 Å². The Hall–Kier alpha value is -3.73. The van der Waals surface area contributed by atoms with Gasteiger partial charge in [-0.05, 0) is 29.8 Å². The first-order chi connectivity index (χ1) is 13.3. The predicted octanol–water partition coefficient (Wildman–Crippen LogP) is 3.27. The van der Waals surface area contributed by atoms with E-state index in [0.717, 1.165) is 17.0 Å². The molecular weight excluding hydrogens is 336 g/mol.